The molecular formula is C20H14F6N2O3S. The van der Waals surface area contributed by atoms with E-state index in [-0.39, 0.29) is 12.1 Å². The maximum Gasteiger partial charge on any atom is 0.418 e. The van der Waals surface area contributed by atoms with Crippen LogP contribution in [0, 0.1) is 0 Å². The van der Waals surface area contributed by atoms with Gasteiger partial charge in [0.05, 0.1) is 33.5 Å². The Morgan fingerprint density at radius 3 is 2.34 bits per heavy atom. The number of hydrogen-bond donors (Lipinski definition) is 1. The van der Waals surface area contributed by atoms with Crippen molar-refractivity contribution >= 4 is 40.9 Å². The molecule has 0 spiro atoms. The minimum atomic E-state index is -4.68. The number of anilines is 2. The number of carbonyl (C=O) groups excluding carboxylic acids is 3. The number of alkyl halides is 6. The SMILES string of the molecule is O=C(CSC1CC(=O)N(c2cccc(C(F)(F)F)c2)C1=O)Nc1ccccc1C(F)(F)F. The number of para-hydroxylation sites is 1. The molecule has 0 radical (unpaired) electrons. The number of imide groups is 1. The van der Waals surface area contributed by atoms with Crippen LogP contribution in [0.3, 0.4) is 0 Å². The molecule has 1 fully saturated rings. The van der Waals surface area contributed by atoms with E-state index >= 15 is 0 Å². The standard InChI is InChI=1S/C20H14F6N2O3S/c21-19(22,23)11-4-3-5-12(8-11)28-17(30)9-15(18(28)31)32-10-16(29)27-14-7-2-1-6-13(14)20(24,25)26/h1-8,15H,9-10H2,(H,27,29). The monoisotopic (exact) mass is 476 g/mol. The molecule has 1 aliphatic heterocycles. The second kappa shape index (κ2) is 8.85. The molecule has 0 aromatic heterocycles. The van der Waals surface area contributed by atoms with E-state index in [9.17, 15) is 40.7 Å². The van der Waals surface area contributed by atoms with Crippen LogP contribution in [-0.4, -0.2) is 28.7 Å². The van der Waals surface area contributed by atoms with E-state index < -0.39 is 57.9 Å². The molecular weight excluding hydrogens is 462 g/mol. The quantitative estimate of drug-likeness (QED) is 0.501. The van der Waals surface area contributed by atoms with Gasteiger partial charge in [-0.1, -0.05) is 18.2 Å². The molecule has 1 saturated heterocycles. The van der Waals surface area contributed by atoms with Crippen molar-refractivity contribution in [1.82, 2.24) is 0 Å². The van der Waals surface area contributed by atoms with Gasteiger partial charge < -0.3 is 5.32 Å². The lowest BCUT2D eigenvalue weighted by molar-refractivity contribution is -0.138. The third-order valence-corrected chi connectivity index (χ3v) is 5.66. The lowest BCUT2D eigenvalue weighted by Crippen LogP contribution is -2.31. The number of benzene rings is 2. The van der Waals surface area contributed by atoms with E-state index in [0.29, 0.717) is 11.0 Å². The van der Waals surface area contributed by atoms with Crippen molar-refractivity contribution in [3.8, 4) is 0 Å². The summed E-state index contributed by atoms with van der Waals surface area (Å²) in [6.07, 6.45) is -9.71. The Morgan fingerprint density at radius 2 is 1.69 bits per heavy atom. The second-order valence-electron chi connectivity index (χ2n) is 6.71. The van der Waals surface area contributed by atoms with Crippen LogP contribution in [0.1, 0.15) is 17.5 Å². The normalized spacial score (nSPS) is 17.1. The molecule has 12 heteroatoms. The van der Waals surface area contributed by atoms with E-state index in [4.69, 9.17) is 0 Å². The maximum absolute atomic E-state index is 13.0. The average Bonchev–Trinajstić information content (AvgIpc) is 2.98. The maximum atomic E-state index is 13.0. The van der Waals surface area contributed by atoms with Gasteiger partial charge in [0.1, 0.15) is 0 Å². The van der Waals surface area contributed by atoms with Crippen LogP contribution in [0.5, 0.6) is 0 Å². The molecule has 0 aliphatic carbocycles. The number of amides is 3. The molecule has 0 saturated carbocycles. The Hall–Kier alpha value is -3.02. The Balaban J connectivity index is 1.66. The molecule has 1 aliphatic rings. The summed E-state index contributed by atoms with van der Waals surface area (Å²) in [4.78, 5) is 37.5. The smallest absolute Gasteiger partial charge is 0.325 e. The number of carbonyl (C=O) groups is 3. The Bertz CT molecular complexity index is 1050. The van der Waals surface area contributed by atoms with Crippen LogP contribution in [0.15, 0.2) is 48.5 Å². The van der Waals surface area contributed by atoms with Gasteiger partial charge in [0.25, 0.3) is 0 Å². The van der Waals surface area contributed by atoms with Crippen LogP contribution in [0.25, 0.3) is 0 Å². The highest BCUT2D eigenvalue weighted by atomic mass is 32.2. The number of halogens is 6. The van der Waals surface area contributed by atoms with Crippen molar-refractivity contribution in [2.45, 2.75) is 24.0 Å². The van der Waals surface area contributed by atoms with E-state index in [0.717, 1.165) is 36.0 Å². The van der Waals surface area contributed by atoms with E-state index in [1.807, 2.05) is 0 Å². The van der Waals surface area contributed by atoms with Crippen molar-refractivity contribution in [2.75, 3.05) is 16.0 Å². The van der Waals surface area contributed by atoms with Crippen LogP contribution in [0.2, 0.25) is 0 Å². The summed E-state index contributed by atoms with van der Waals surface area (Å²) in [5, 5.41) is 1.06. The van der Waals surface area contributed by atoms with E-state index in [2.05, 4.69) is 5.32 Å². The lowest BCUT2D eigenvalue weighted by atomic mass is 10.1. The zero-order valence-corrected chi connectivity index (χ0v) is 16.8. The van der Waals surface area contributed by atoms with Crippen molar-refractivity contribution in [2.24, 2.45) is 0 Å². The van der Waals surface area contributed by atoms with Gasteiger partial charge in [0.2, 0.25) is 17.7 Å². The molecule has 2 aromatic carbocycles. The van der Waals surface area contributed by atoms with Gasteiger partial charge in [-0.25, -0.2) is 4.90 Å². The number of hydrogen-bond acceptors (Lipinski definition) is 4. The number of thioether (sulfide) groups is 1. The molecule has 1 N–H and O–H groups in total. The highest BCUT2D eigenvalue weighted by Crippen LogP contribution is 2.36. The van der Waals surface area contributed by atoms with Gasteiger partial charge in [0.15, 0.2) is 0 Å². The minimum absolute atomic E-state index is 0.249. The Morgan fingerprint density at radius 1 is 1.00 bits per heavy atom. The summed E-state index contributed by atoms with van der Waals surface area (Å²) in [5.74, 6) is -2.81. The first-order chi connectivity index (χ1) is 14.9. The zero-order valence-electron chi connectivity index (χ0n) is 16.0. The molecule has 5 nitrogen and oxygen atoms in total. The fraction of sp³-hybridized carbons (Fsp3) is 0.250. The summed E-state index contributed by atoms with van der Waals surface area (Å²) in [6.45, 7) is 0. The third-order valence-electron chi connectivity index (χ3n) is 4.46. The Kier molecular flexibility index (Phi) is 6.54. The Labute approximate surface area is 181 Å². The molecule has 1 atom stereocenters. The number of rotatable bonds is 5. The van der Waals surface area contributed by atoms with E-state index in [1.54, 1.807) is 0 Å². The fourth-order valence-electron chi connectivity index (χ4n) is 3.03. The predicted octanol–water partition coefficient (Wildman–Crippen LogP) is 4.73. The fourth-order valence-corrected chi connectivity index (χ4v) is 3.96. The van der Waals surface area contributed by atoms with Crippen LogP contribution in [0.4, 0.5) is 37.7 Å². The number of nitrogens with one attached hydrogen (secondary N) is 1. The van der Waals surface area contributed by atoms with Crippen LogP contribution in [-0.2, 0) is 26.7 Å². The summed E-state index contributed by atoms with van der Waals surface area (Å²) >= 11 is 0.717. The molecule has 3 amide bonds. The summed E-state index contributed by atoms with van der Waals surface area (Å²) in [7, 11) is 0. The average molecular weight is 476 g/mol. The zero-order chi connectivity index (χ0) is 23.7. The summed E-state index contributed by atoms with van der Waals surface area (Å²) < 4.78 is 77.8. The van der Waals surface area contributed by atoms with Crippen LogP contribution >= 0.6 is 11.8 Å². The van der Waals surface area contributed by atoms with Gasteiger partial charge in [0, 0.05) is 6.42 Å². The van der Waals surface area contributed by atoms with Gasteiger partial charge in [-0.05, 0) is 30.3 Å². The van der Waals surface area contributed by atoms with Crippen molar-refractivity contribution < 1.29 is 40.7 Å². The van der Waals surface area contributed by atoms with Gasteiger partial charge in [-0.3, -0.25) is 14.4 Å². The van der Waals surface area contributed by atoms with Crippen molar-refractivity contribution in [1.29, 1.82) is 0 Å². The molecule has 2 aromatic rings. The predicted molar refractivity (Wildman–Crippen MR) is 105 cm³/mol. The molecule has 32 heavy (non-hydrogen) atoms. The van der Waals surface area contributed by atoms with Gasteiger partial charge >= 0.3 is 12.4 Å². The van der Waals surface area contributed by atoms with E-state index in [1.165, 1.54) is 18.2 Å². The lowest BCUT2D eigenvalue weighted by Gasteiger charge is -2.17. The second-order valence-corrected chi connectivity index (χ2v) is 7.90. The molecule has 170 valence electrons. The van der Waals surface area contributed by atoms with Gasteiger partial charge in [-0.2, -0.15) is 26.3 Å². The number of nitrogens with zero attached hydrogens (tertiary/aromatic N) is 1. The highest BCUT2D eigenvalue weighted by Gasteiger charge is 2.41. The largest absolute Gasteiger partial charge is 0.418 e. The molecule has 0 bridgehead atoms. The topological polar surface area (TPSA) is 66.5 Å². The minimum Gasteiger partial charge on any atom is -0.325 e. The van der Waals surface area contributed by atoms with Gasteiger partial charge in [-0.15, -0.1) is 11.8 Å². The first-order valence-corrected chi connectivity index (χ1v) is 10.0. The summed E-state index contributed by atoms with van der Waals surface area (Å²) in [6, 6.07) is 8.06. The van der Waals surface area contributed by atoms with Crippen molar-refractivity contribution in [3.63, 3.8) is 0 Å². The molecule has 1 heterocycles. The van der Waals surface area contributed by atoms with Crippen LogP contribution < -0.4 is 10.2 Å². The molecule has 3 rings (SSSR count). The summed E-state index contributed by atoms with van der Waals surface area (Å²) in [5.41, 5.74) is -2.78. The third kappa shape index (κ3) is 5.23. The highest BCUT2D eigenvalue weighted by molar-refractivity contribution is 8.01. The first kappa shape index (κ1) is 23.6. The van der Waals surface area contributed by atoms with Crippen molar-refractivity contribution in [3.05, 3.63) is 59.7 Å². The molecule has 1 unspecified atom stereocenters. The first-order valence-electron chi connectivity index (χ1n) is 8.99.